The average molecular weight is 481 g/mol. The maximum atomic E-state index is 13.7. The number of hydrogen-bond donors (Lipinski definition) is 1. The molecule has 5 rings (SSSR count). The molecule has 0 aliphatic carbocycles. The van der Waals surface area contributed by atoms with Crippen LogP contribution >= 0.6 is 15.9 Å². The van der Waals surface area contributed by atoms with Crippen molar-refractivity contribution in [1.29, 1.82) is 0 Å². The molecular weight excluding hydrogens is 463 g/mol. The number of aromatic nitrogens is 4. The molecule has 156 valence electrons. The smallest absolute Gasteiger partial charge is 0.242 e. The van der Waals surface area contributed by atoms with Crippen LogP contribution in [-0.2, 0) is 6.54 Å². The van der Waals surface area contributed by atoms with Crippen LogP contribution in [0.2, 0.25) is 0 Å². The van der Waals surface area contributed by atoms with Crippen LogP contribution in [0.5, 0.6) is 5.75 Å². The van der Waals surface area contributed by atoms with Crippen molar-refractivity contribution in [1.82, 2.24) is 19.3 Å². The molecule has 0 radical (unpaired) electrons. The van der Waals surface area contributed by atoms with E-state index < -0.39 is 5.43 Å². The molecule has 0 spiro atoms. The number of rotatable bonds is 3. The molecule has 1 N–H and O–H groups in total. The first-order valence-electron chi connectivity index (χ1n) is 9.78. The Hall–Kier alpha value is -3.26. The van der Waals surface area contributed by atoms with Crippen LogP contribution in [0.3, 0.4) is 0 Å². The van der Waals surface area contributed by atoms with E-state index in [4.69, 9.17) is 0 Å². The lowest BCUT2D eigenvalue weighted by Crippen LogP contribution is -2.32. The Bertz CT molecular complexity index is 1350. The van der Waals surface area contributed by atoms with Gasteiger partial charge in [0.1, 0.15) is 11.5 Å². The molecule has 0 fully saturated rings. The summed E-state index contributed by atoms with van der Waals surface area (Å²) in [5.74, 6) is -0.446. The zero-order valence-electron chi connectivity index (χ0n) is 16.5. The van der Waals surface area contributed by atoms with Crippen molar-refractivity contribution in [2.45, 2.75) is 25.4 Å². The monoisotopic (exact) mass is 480 g/mol. The Morgan fingerprint density at radius 2 is 2.00 bits per heavy atom. The molecule has 1 aliphatic heterocycles. The highest BCUT2D eigenvalue weighted by molar-refractivity contribution is 9.10. The van der Waals surface area contributed by atoms with Gasteiger partial charge in [-0.15, -0.1) is 0 Å². The number of halogens is 2. The van der Waals surface area contributed by atoms with Crippen LogP contribution in [0.25, 0.3) is 11.5 Å². The molecule has 8 heteroatoms. The zero-order valence-corrected chi connectivity index (χ0v) is 18.1. The first-order valence-corrected chi connectivity index (χ1v) is 10.6. The van der Waals surface area contributed by atoms with Crippen LogP contribution in [0.15, 0.2) is 70.3 Å². The molecule has 2 aromatic heterocycles. The first kappa shape index (κ1) is 19.7. The Morgan fingerprint density at radius 1 is 1.23 bits per heavy atom. The summed E-state index contributed by atoms with van der Waals surface area (Å²) in [5, 5.41) is 15.0. The van der Waals surface area contributed by atoms with Gasteiger partial charge in [0.25, 0.3) is 0 Å². The minimum Gasteiger partial charge on any atom is -0.503 e. The summed E-state index contributed by atoms with van der Waals surface area (Å²) in [4.78, 5) is 16.5. The van der Waals surface area contributed by atoms with Crippen LogP contribution in [0.1, 0.15) is 28.7 Å². The van der Waals surface area contributed by atoms with Gasteiger partial charge in [0, 0.05) is 29.3 Å². The Labute approximate surface area is 185 Å². The molecule has 4 aromatic rings. The third-order valence-electron chi connectivity index (χ3n) is 5.72. The summed E-state index contributed by atoms with van der Waals surface area (Å²) in [6.07, 6.45) is 4.57. The summed E-state index contributed by atoms with van der Waals surface area (Å²) in [7, 11) is 0. The van der Waals surface area contributed by atoms with Crippen molar-refractivity contribution in [3.63, 3.8) is 0 Å². The topological polar surface area (TPSA) is 72.9 Å². The van der Waals surface area contributed by atoms with Crippen LogP contribution in [-0.4, -0.2) is 24.4 Å². The van der Waals surface area contributed by atoms with Crippen LogP contribution in [0, 0.1) is 12.7 Å². The normalized spacial score (nSPS) is 15.9. The van der Waals surface area contributed by atoms with Gasteiger partial charge in [-0.3, -0.25) is 9.48 Å². The molecule has 0 unspecified atom stereocenters. The molecule has 2 aromatic carbocycles. The quantitative estimate of drug-likeness (QED) is 0.471. The van der Waals surface area contributed by atoms with Crippen LogP contribution in [0.4, 0.5) is 4.39 Å². The summed E-state index contributed by atoms with van der Waals surface area (Å²) < 4.78 is 18.2. The molecular formula is C23H18BrFN4O2. The number of aromatic hydroxyl groups is 1. The third kappa shape index (κ3) is 3.27. The summed E-state index contributed by atoms with van der Waals surface area (Å²) in [5.41, 5.74) is 2.72. The highest BCUT2D eigenvalue weighted by atomic mass is 79.9. The molecule has 3 heterocycles. The molecule has 2 atom stereocenters. The van der Waals surface area contributed by atoms with Gasteiger partial charge in [0.05, 0.1) is 12.2 Å². The maximum absolute atomic E-state index is 13.7. The SMILES string of the molecule is Cc1ccc([C@@H](c2ccc(F)cc2)[C@H]2Cn3ccnc3-c3c(O)c(=O)cnn32)c(Br)c1. The third-order valence-corrected chi connectivity index (χ3v) is 6.40. The largest absolute Gasteiger partial charge is 0.503 e. The number of aryl methyl sites for hydroxylation is 1. The van der Waals surface area contributed by atoms with E-state index in [1.807, 2.05) is 35.9 Å². The van der Waals surface area contributed by atoms with Crippen molar-refractivity contribution in [2.75, 3.05) is 0 Å². The minimum absolute atomic E-state index is 0.237. The van der Waals surface area contributed by atoms with Gasteiger partial charge in [-0.2, -0.15) is 5.10 Å². The van der Waals surface area contributed by atoms with E-state index in [0.717, 1.165) is 27.4 Å². The van der Waals surface area contributed by atoms with Crippen molar-refractivity contribution in [3.05, 3.63) is 98.3 Å². The van der Waals surface area contributed by atoms with Gasteiger partial charge in [-0.05, 0) is 41.8 Å². The zero-order chi connectivity index (χ0) is 21.7. The molecule has 0 saturated carbocycles. The number of benzene rings is 2. The van der Waals surface area contributed by atoms with E-state index >= 15 is 0 Å². The lowest BCUT2D eigenvalue weighted by atomic mass is 9.83. The summed E-state index contributed by atoms with van der Waals surface area (Å²) >= 11 is 3.69. The van der Waals surface area contributed by atoms with Gasteiger partial charge >= 0.3 is 0 Å². The van der Waals surface area contributed by atoms with Gasteiger partial charge < -0.3 is 9.67 Å². The second-order valence-corrected chi connectivity index (χ2v) is 8.53. The predicted octanol–water partition coefficient (Wildman–Crippen LogP) is 4.41. The number of fused-ring (bicyclic) bond motifs is 3. The summed E-state index contributed by atoms with van der Waals surface area (Å²) in [6.45, 7) is 2.53. The Kier molecular flexibility index (Phi) is 4.74. The van der Waals surface area contributed by atoms with E-state index in [2.05, 4.69) is 26.0 Å². The first-order chi connectivity index (χ1) is 14.9. The number of imidazole rings is 1. The lowest BCUT2D eigenvalue weighted by molar-refractivity contribution is 0.331. The standard InChI is InChI=1S/C23H18BrFN4O2/c1-13-2-7-16(17(24)10-13)20(14-3-5-15(25)6-4-14)18-12-28-9-8-26-23(28)21-22(31)19(30)11-27-29(18)21/h2-11,18,20,31H,12H2,1H3/t18-,20-/m1/s1. The van der Waals surface area contributed by atoms with Crippen molar-refractivity contribution >= 4 is 15.9 Å². The van der Waals surface area contributed by atoms with E-state index in [1.165, 1.54) is 12.1 Å². The molecule has 0 saturated heterocycles. The van der Waals surface area contributed by atoms with Crippen molar-refractivity contribution in [2.24, 2.45) is 0 Å². The van der Waals surface area contributed by atoms with Gasteiger partial charge in [0.15, 0.2) is 11.6 Å². The lowest BCUT2D eigenvalue weighted by Gasteiger charge is -2.35. The van der Waals surface area contributed by atoms with Gasteiger partial charge in [0.2, 0.25) is 5.43 Å². The maximum Gasteiger partial charge on any atom is 0.242 e. The fraction of sp³-hybridized carbons (Fsp3) is 0.174. The van der Waals surface area contributed by atoms with Gasteiger partial charge in [-0.1, -0.05) is 40.2 Å². The van der Waals surface area contributed by atoms with Crippen molar-refractivity contribution < 1.29 is 9.50 Å². The second kappa shape index (κ2) is 7.46. The highest BCUT2D eigenvalue weighted by Gasteiger charge is 2.36. The van der Waals surface area contributed by atoms with E-state index in [9.17, 15) is 14.3 Å². The predicted molar refractivity (Wildman–Crippen MR) is 118 cm³/mol. The molecule has 6 nitrogen and oxygen atoms in total. The Balaban J connectivity index is 1.77. The second-order valence-electron chi connectivity index (χ2n) is 7.68. The fourth-order valence-electron chi connectivity index (χ4n) is 4.28. The number of hydrogen-bond acceptors (Lipinski definition) is 4. The number of nitrogens with zero attached hydrogens (tertiary/aromatic N) is 4. The molecule has 1 aliphatic rings. The summed E-state index contributed by atoms with van der Waals surface area (Å²) in [6, 6.07) is 12.2. The molecule has 0 bridgehead atoms. The highest BCUT2D eigenvalue weighted by Crippen LogP contribution is 2.44. The van der Waals surface area contributed by atoms with E-state index in [-0.39, 0.29) is 29.2 Å². The van der Waals surface area contributed by atoms with Gasteiger partial charge in [-0.25, -0.2) is 9.37 Å². The van der Waals surface area contributed by atoms with Crippen molar-refractivity contribution in [3.8, 4) is 17.3 Å². The molecule has 31 heavy (non-hydrogen) atoms. The van der Waals surface area contributed by atoms with Crippen LogP contribution < -0.4 is 5.43 Å². The molecule has 0 amide bonds. The Morgan fingerprint density at radius 3 is 2.74 bits per heavy atom. The minimum atomic E-state index is -0.559. The van der Waals surface area contributed by atoms with E-state index in [1.54, 1.807) is 23.0 Å². The average Bonchev–Trinajstić information content (AvgIpc) is 3.22. The fourth-order valence-corrected chi connectivity index (χ4v) is 5.02. The van der Waals surface area contributed by atoms with E-state index in [0.29, 0.717) is 12.4 Å².